The summed E-state index contributed by atoms with van der Waals surface area (Å²) in [4.78, 5) is 14.1. The van der Waals surface area contributed by atoms with Crippen molar-refractivity contribution < 1.29 is 13.9 Å². The number of carbonyl (C=O) groups excluding carboxylic acids is 1. The van der Waals surface area contributed by atoms with Crippen LogP contribution in [-0.2, 0) is 16.0 Å². The number of methoxy groups -OCH3 is 1. The molecule has 0 bridgehead atoms. The molecule has 0 aliphatic rings. The third-order valence-electron chi connectivity index (χ3n) is 2.76. The number of benzene rings is 1. The minimum atomic E-state index is -0.760. The summed E-state index contributed by atoms with van der Waals surface area (Å²) in [5, 5.41) is 0.703. The molecule has 1 aromatic heterocycles. The molecule has 1 atom stereocenters. The minimum Gasteiger partial charge on any atom is -0.468 e. The molecule has 1 aromatic carbocycles. The van der Waals surface area contributed by atoms with Crippen molar-refractivity contribution in [3.63, 3.8) is 0 Å². The molecule has 1 heterocycles. The number of carbonyl (C=O) groups is 1. The van der Waals surface area contributed by atoms with Gasteiger partial charge >= 0.3 is 5.97 Å². The minimum absolute atomic E-state index is 0.286. The van der Waals surface area contributed by atoms with E-state index in [9.17, 15) is 9.18 Å². The second-order valence-electron chi connectivity index (χ2n) is 3.93. The second-order valence-corrected chi connectivity index (χ2v) is 4.78. The molecule has 2 aromatic rings. The van der Waals surface area contributed by atoms with Crippen LogP contribution < -0.4 is 5.73 Å². The first-order valence-electron chi connectivity index (χ1n) is 5.32. The first-order valence-corrected chi connectivity index (χ1v) is 6.11. The lowest BCUT2D eigenvalue weighted by molar-refractivity contribution is -0.142. The van der Waals surface area contributed by atoms with Gasteiger partial charge in [-0.05, 0) is 17.7 Å². The summed E-state index contributed by atoms with van der Waals surface area (Å²) in [5.74, 6) is -0.831. The number of aromatic nitrogens is 1. The fraction of sp³-hybridized carbons (Fsp3) is 0.250. The Morgan fingerprint density at radius 3 is 3.00 bits per heavy atom. The molecule has 0 aliphatic heterocycles. The van der Waals surface area contributed by atoms with E-state index >= 15 is 0 Å². The summed E-state index contributed by atoms with van der Waals surface area (Å²) in [6.07, 6.45) is 1.94. The smallest absolute Gasteiger partial charge is 0.322 e. The Morgan fingerprint density at radius 1 is 1.61 bits per heavy atom. The van der Waals surface area contributed by atoms with E-state index in [-0.39, 0.29) is 12.2 Å². The zero-order valence-corrected chi connectivity index (χ0v) is 11.3. The summed E-state index contributed by atoms with van der Waals surface area (Å²) in [6, 6.07) is 2.23. The Morgan fingerprint density at radius 2 is 2.33 bits per heavy atom. The molecule has 0 spiro atoms. The Balaban J connectivity index is 2.41. The maximum absolute atomic E-state index is 13.6. The van der Waals surface area contributed by atoms with Crippen molar-refractivity contribution in [3.8, 4) is 0 Å². The lowest BCUT2D eigenvalue weighted by atomic mass is 10.1. The molecular weight excluding hydrogens is 303 g/mol. The van der Waals surface area contributed by atoms with Crippen LogP contribution in [0, 0.1) is 5.82 Å². The molecule has 0 radical (unpaired) electrons. The molecule has 3 N–H and O–H groups in total. The van der Waals surface area contributed by atoms with Crippen LogP contribution in [0.4, 0.5) is 4.39 Å². The maximum Gasteiger partial charge on any atom is 0.322 e. The van der Waals surface area contributed by atoms with Gasteiger partial charge in [-0.25, -0.2) is 4.39 Å². The molecule has 18 heavy (non-hydrogen) atoms. The van der Waals surface area contributed by atoms with E-state index in [1.54, 1.807) is 12.3 Å². The van der Waals surface area contributed by atoms with Gasteiger partial charge in [-0.1, -0.05) is 15.9 Å². The van der Waals surface area contributed by atoms with E-state index < -0.39 is 12.0 Å². The molecule has 0 saturated heterocycles. The standard InChI is InChI=1S/C12H12BrFN2O2/c1-18-12(17)9(15)4-6-5-16-11-8(14)3-2-7(13)10(6)11/h2-3,5,9,16H,4,15H2,1H3. The molecule has 2 rings (SSSR count). The van der Waals surface area contributed by atoms with Crippen molar-refractivity contribution in [2.24, 2.45) is 5.73 Å². The fourth-order valence-electron chi connectivity index (χ4n) is 1.87. The molecule has 6 heteroatoms. The predicted octanol–water partition coefficient (Wildman–Crippen LogP) is 2.11. The molecule has 1 unspecified atom stereocenters. The van der Waals surface area contributed by atoms with Crippen LogP contribution in [0.25, 0.3) is 10.9 Å². The van der Waals surface area contributed by atoms with E-state index in [1.807, 2.05) is 0 Å². The monoisotopic (exact) mass is 314 g/mol. The highest BCUT2D eigenvalue weighted by atomic mass is 79.9. The number of hydrogen-bond donors (Lipinski definition) is 2. The van der Waals surface area contributed by atoms with Crippen LogP contribution >= 0.6 is 15.9 Å². The van der Waals surface area contributed by atoms with Gasteiger partial charge in [-0.3, -0.25) is 4.79 Å². The number of rotatable bonds is 3. The quantitative estimate of drug-likeness (QED) is 0.853. The largest absolute Gasteiger partial charge is 0.468 e. The summed E-state index contributed by atoms with van der Waals surface area (Å²) in [5.41, 5.74) is 6.87. The Bertz CT molecular complexity index is 597. The highest BCUT2D eigenvalue weighted by molar-refractivity contribution is 9.10. The van der Waals surface area contributed by atoms with Crippen LogP contribution in [0.3, 0.4) is 0 Å². The van der Waals surface area contributed by atoms with E-state index in [0.29, 0.717) is 10.9 Å². The van der Waals surface area contributed by atoms with Crippen molar-refractivity contribution in [2.45, 2.75) is 12.5 Å². The average molecular weight is 315 g/mol. The lowest BCUT2D eigenvalue weighted by Crippen LogP contribution is -2.33. The number of nitrogens with one attached hydrogen (secondary N) is 1. The third kappa shape index (κ3) is 2.26. The van der Waals surface area contributed by atoms with Crippen molar-refractivity contribution in [1.29, 1.82) is 0 Å². The molecule has 0 saturated carbocycles. The SMILES string of the molecule is COC(=O)C(N)Cc1c[nH]c2c(F)ccc(Br)c12. The van der Waals surface area contributed by atoms with Crippen LogP contribution in [0.1, 0.15) is 5.56 Å². The van der Waals surface area contributed by atoms with Gasteiger partial charge in [-0.15, -0.1) is 0 Å². The van der Waals surface area contributed by atoms with Gasteiger partial charge < -0.3 is 15.5 Å². The van der Waals surface area contributed by atoms with Crippen molar-refractivity contribution >= 4 is 32.8 Å². The van der Waals surface area contributed by atoms with E-state index in [2.05, 4.69) is 25.7 Å². The molecule has 96 valence electrons. The van der Waals surface area contributed by atoms with Crippen molar-refractivity contribution in [1.82, 2.24) is 4.98 Å². The van der Waals surface area contributed by atoms with Crippen LogP contribution in [0.2, 0.25) is 0 Å². The maximum atomic E-state index is 13.6. The van der Waals surface area contributed by atoms with E-state index in [4.69, 9.17) is 5.73 Å². The van der Waals surface area contributed by atoms with Gasteiger partial charge in [0.2, 0.25) is 0 Å². The van der Waals surface area contributed by atoms with Gasteiger partial charge in [0.25, 0.3) is 0 Å². The Hall–Kier alpha value is -1.40. The van der Waals surface area contributed by atoms with Gasteiger partial charge in [0, 0.05) is 22.5 Å². The third-order valence-corrected chi connectivity index (χ3v) is 3.42. The lowest BCUT2D eigenvalue weighted by Gasteiger charge is -2.08. The van der Waals surface area contributed by atoms with Gasteiger partial charge in [0.1, 0.15) is 11.9 Å². The van der Waals surface area contributed by atoms with Crippen LogP contribution in [0.15, 0.2) is 22.8 Å². The Kier molecular flexibility index (Phi) is 3.68. The van der Waals surface area contributed by atoms with E-state index in [0.717, 1.165) is 10.0 Å². The summed E-state index contributed by atoms with van der Waals surface area (Å²) >= 11 is 3.36. The highest BCUT2D eigenvalue weighted by Crippen LogP contribution is 2.29. The number of hydrogen-bond acceptors (Lipinski definition) is 3. The summed E-state index contributed by atoms with van der Waals surface area (Å²) in [6.45, 7) is 0. The molecule has 0 aliphatic carbocycles. The van der Waals surface area contributed by atoms with Crippen molar-refractivity contribution in [3.05, 3.63) is 34.2 Å². The van der Waals surface area contributed by atoms with Crippen molar-refractivity contribution in [2.75, 3.05) is 7.11 Å². The first-order chi connectivity index (χ1) is 8.54. The number of nitrogens with two attached hydrogens (primary N) is 1. The van der Waals surface area contributed by atoms with Crippen LogP contribution in [0.5, 0.6) is 0 Å². The fourth-order valence-corrected chi connectivity index (χ4v) is 2.46. The van der Waals surface area contributed by atoms with Gasteiger partial charge in [0.15, 0.2) is 0 Å². The zero-order chi connectivity index (χ0) is 13.3. The number of halogens is 2. The number of fused-ring (bicyclic) bond motifs is 1. The average Bonchev–Trinajstić information content (AvgIpc) is 2.78. The van der Waals surface area contributed by atoms with Gasteiger partial charge in [0.05, 0.1) is 12.6 Å². The first kappa shape index (κ1) is 13.0. The molecule has 0 amide bonds. The topological polar surface area (TPSA) is 68.1 Å². The zero-order valence-electron chi connectivity index (χ0n) is 9.67. The van der Waals surface area contributed by atoms with Gasteiger partial charge in [-0.2, -0.15) is 0 Å². The number of esters is 1. The number of aromatic amines is 1. The number of ether oxygens (including phenoxy) is 1. The summed E-state index contributed by atoms with van der Waals surface area (Å²) < 4.78 is 18.9. The molecular formula is C12H12BrFN2O2. The highest BCUT2D eigenvalue weighted by Gasteiger charge is 2.18. The Labute approximate surface area is 111 Å². The molecule has 4 nitrogen and oxygen atoms in total. The van der Waals surface area contributed by atoms with Crippen LogP contribution in [-0.4, -0.2) is 24.1 Å². The van der Waals surface area contributed by atoms with E-state index in [1.165, 1.54) is 13.2 Å². The summed E-state index contributed by atoms with van der Waals surface area (Å²) in [7, 11) is 1.28. The number of H-pyrrole nitrogens is 1. The second kappa shape index (κ2) is 5.07. The predicted molar refractivity (Wildman–Crippen MR) is 69.7 cm³/mol. The normalized spacial score (nSPS) is 12.7. The molecule has 0 fully saturated rings.